The van der Waals surface area contributed by atoms with E-state index in [0.29, 0.717) is 0 Å². The number of carboxylic acid groups (broad SMARTS) is 2. The number of nitrogens with two attached hydrogens (primary N) is 2. The van der Waals surface area contributed by atoms with Gasteiger partial charge in [-0.15, -0.1) is 0 Å². The molecule has 0 spiro atoms. The van der Waals surface area contributed by atoms with E-state index in [-0.39, 0.29) is 5.92 Å². The molecule has 0 saturated carbocycles. The van der Waals surface area contributed by atoms with E-state index in [1.54, 1.807) is 13.8 Å². The molecule has 3 atom stereocenters. The van der Waals surface area contributed by atoms with Crippen LogP contribution in [-0.4, -0.2) is 70.5 Å². The van der Waals surface area contributed by atoms with Crippen molar-refractivity contribution < 1.29 is 39.0 Å². The lowest BCUT2D eigenvalue weighted by Crippen LogP contribution is -2.57. The maximum absolute atomic E-state index is 12.4. The maximum atomic E-state index is 12.4. The van der Waals surface area contributed by atoms with Crippen molar-refractivity contribution in [1.82, 2.24) is 16.0 Å². The third-order valence-corrected chi connectivity index (χ3v) is 3.48. The van der Waals surface area contributed by atoms with E-state index >= 15 is 0 Å². The number of rotatable bonds is 12. The molecular formula is C15H25N5O8. The summed E-state index contributed by atoms with van der Waals surface area (Å²) in [5.41, 5.74) is 10.7. The Morgan fingerprint density at radius 2 is 1.32 bits per heavy atom. The van der Waals surface area contributed by atoms with Crippen LogP contribution in [0.3, 0.4) is 0 Å². The fourth-order valence-corrected chi connectivity index (χ4v) is 1.92. The van der Waals surface area contributed by atoms with Crippen LogP contribution < -0.4 is 27.4 Å². The number of primary amides is 1. The van der Waals surface area contributed by atoms with Gasteiger partial charge in [0.05, 0.1) is 18.9 Å². The summed E-state index contributed by atoms with van der Waals surface area (Å²) >= 11 is 0. The van der Waals surface area contributed by atoms with Crippen LogP contribution in [0.1, 0.15) is 26.7 Å². The molecule has 0 aliphatic rings. The summed E-state index contributed by atoms with van der Waals surface area (Å²) in [6.07, 6.45) is -1.49. The number of carbonyl (C=O) groups excluding carboxylic acids is 4. The molecule has 0 aliphatic carbocycles. The number of aliphatic carboxylic acids is 2. The molecule has 28 heavy (non-hydrogen) atoms. The summed E-state index contributed by atoms with van der Waals surface area (Å²) in [7, 11) is 0. The average Bonchev–Trinajstić information content (AvgIpc) is 2.56. The normalized spacial score (nSPS) is 13.7. The van der Waals surface area contributed by atoms with Crippen LogP contribution in [0.5, 0.6) is 0 Å². The second kappa shape index (κ2) is 11.5. The SMILES string of the molecule is CC(C)C(N)C(=O)NC(CC(=O)O)C(=O)NC(CC(N)=O)C(=O)NCC(=O)O. The molecule has 0 aliphatic heterocycles. The standard InChI is InChI=1S/C15H25N5O8/c1-6(2)12(17)15(28)20-8(4-10(22)23)14(27)19-7(3-9(16)21)13(26)18-5-11(24)25/h6-8,12H,3-5,17H2,1-2H3,(H2,16,21)(H,18,26)(H,19,27)(H,20,28)(H,22,23)(H,24,25). The molecular weight excluding hydrogens is 378 g/mol. The summed E-state index contributed by atoms with van der Waals surface area (Å²) < 4.78 is 0. The number of carboxylic acids is 2. The van der Waals surface area contributed by atoms with E-state index in [4.69, 9.17) is 21.7 Å². The van der Waals surface area contributed by atoms with Crippen molar-refractivity contribution >= 4 is 35.6 Å². The van der Waals surface area contributed by atoms with Gasteiger partial charge in [0.2, 0.25) is 23.6 Å². The Kier molecular flexibility index (Phi) is 10.2. The number of carbonyl (C=O) groups is 6. The van der Waals surface area contributed by atoms with Crippen LogP contribution in [-0.2, 0) is 28.8 Å². The van der Waals surface area contributed by atoms with Crippen molar-refractivity contribution in [2.24, 2.45) is 17.4 Å². The van der Waals surface area contributed by atoms with Gasteiger partial charge in [-0.2, -0.15) is 0 Å². The van der Waals surface area contributed by atoms with E-state index in [9.17, 15) is 28.8 Å². The minimum Gasteiger partial charge on any atom is -0.481 e. The van der Waals surface area contributed by atoms with Gasteiger partial charge in [0, 0.05) is 0 Å². The highest BCUT2D eigenvalue weighted by Gasteiger charge is 2.31. The number of hydrogen-bond acceptors (Lipinski definition) is 7. The van der Waals surface area contributed by atoms with Crippen molar-refractivity contribution in [3.63, 3.8) is 0 Å². The third kappa shape index (κ3) is 9.47. The molecule has 0 bridgehead atoms. The largest absolute Gasteiger partial charge is 0.481 e. The Morgan fingerprint density at radius 1 is 0.821 bits per heavy atom. The Morgan fingerprint density at radius 3 is 1.75 bits per heavy atom. The molecule has 9 N–H and O–H groups in total. The van der Waals surface area contributed by atoms with Gasteiger partial charge in [-0.05, 0) is 5.92 Å². The summed E-state index contributed by atoms with van der Waals surface area (Å²) in [6.45, 7) is 2.51. The van der Waals surface area contributed by atoms with Gasteiger partial charge in [0.1, 0.15) is 18.6 Å². The Bertz CT molecular complexity index is 636. The van der Waals surface area contributed by atoms with Crippen molar-refractivity contribution in [3.8, 4) is 0 Å². The summed E-state index contributed by atoms with van der Waals surface area (Å²) in [5.74, 6) is -6.93. The molecule has 0 fully saturated rings. The van der Waals surface area contributed by atoms with Crippen molar-refractivity contribution in [3.05, 3.63) is 0 Å². The summed E-state index contributed by atoms with van der Waals surface area (Å²) in [4.78, 5) is 69.0. The van der Waals surface area contributed by atoms with Gasteiger partial charge in [-0.1, -0.05) is 13.8 Å². The molecule has 0 rings (SSSR count). The number of hydrogen-bond donors (Lipinski definition) is 7. The smallest absolute Gasteiger partial charge is 0.322 e. The fourth-order valence-electron chi connectivity index (χ4n) is 1.92. The van der Waals surface area contributed by atoms with E-state index in [2.05, 4.69) is 10.6 Å². The monoisotopic (exact) mass is 403 g/mol. The molecule has 0 heterocycles. The molecule has 0 radical (unpaired) electrons. The van der Waals surface area contributed by atoms with E-state index in [0.717, 1.165) is 0 Å². The van der Waals surface area contributed by atoms with Gasteiger partial charge >= 0.3 is 11.9 Å². The van der Waals surface area contributed by atoms with E-state index < -0.39 is 73.1 Å². The Labute approximate surface area is 160 Å². The van der Waals surface area contributed by atoms with Crippen LogP contribution in [0.25, 0.3) is 0 Å². The maximum Gasteiger partial charge on any atom is 0.322 e. The summed E-state index contributed by atoms with van der Waals surface area (Å²) in [6, 6.07) is -4.15. The molecule has 158 valence electrons. The predicted molar refractivity (Wildman–Crippen MR) is 93.4 cm³/mol. The number of nitrogens with one attached hydrogen (secondary N) is 3. The predicted octanol–water partition coefficient (Wildman–Crippen LogP) is -3.51. The lowest BCUT2D eigenvalue weighted by atomic mass is 10.0. The van der Waals surface area contributed by atoms with Crippen molar-refractivity contribution in [1.29, 1.82) is 0 Å². The molecule has 13 heteroatoms. The highest BCUT2D eigenvalue weighted by Crippen LogP contribution is 2.02. The molecule has 0 aromatic heterocycles. The minimum absolute atomic E-state index is 0.294. The lowest BCUT2D eigenvalue weighted by Gasteiger charge is -2.23. The topological polar surface area (TPSA) is 231 Å². The van der Waals surface area contributed by atoms with Gasteiger partial charge in [0.15, 0.2) is 0 Å². The Hall–Kier alpha value is -3.22. The quantitative estimate of drug-likeness (QED) is 0.171. The molecule has 13 nitrogen and oxygen atoms in total. The van der Waals surface area contributed by atoms with Crippen LogP contribution in [0.4, 0.5) is 0 Å². The van der Waals surface area contributed by atoms with Crippen molar-refractivity contribution in [2.45, 2.75) is 44.8 Å². The first kappa shape index (κ1) is 24.8. The first-order chi connectivity index (χ1) is 12.8. The van der Waals surface area contributed by atoms with E-state index in [1.807, 2.05) is 5.32 Å². The van der Waals surface area contributed by atoms with Gasteiger partial charge in [-0.25, -0.2) is 0 Å². The minimum atomic E-state index is -1.59. The zero-order valence-corrected chi connectivity index (χ0v) is 15.4. The highest BCUT2D eigenvalue weighted by molar-refractivity contribution is 5.96. The second-order valence-corrected chi connectivity index (χ2v) is 6.27. The lowest BCUT2D eigenvalue weighted by molar-refractivity contribution is -0.142. The van der Waals surface area contributed by atoms with Crippen molar-refractivity contribution in [2.75, 3.05) is 6.54 Å². The zero-order chi connectivity index (χ0) is 22.0. The highest BCUT2D eigenvalue weighted by atomic mass is 16.4. The van der Waals surface area contributed by atoms with Gasteiger partial charge < -0.3 is 37.6 Å². The van der Waals surface area contributed by atoms with Crippen LogP contribution in [0.15, 0.2) is 0 Å². The molecule has 3 unspecified atom stereocenters. The average molecular weight is 403 g/mol. The second-order valence-electron chi connectivity index (χ2n) is 6.27. The third-order valence-electron chi connectivity index (χ3n) is 3.48. The molecule has 4 amide bonds. The van der Waals surface area contributed by atoms with Gasteiger partial charge in [0.25, 0.3) is 0 Å². The summed E-state index contributed by atoms with van der Waals surface area (Å²) in [5, 5.41) is 23.7. The fraction of sp³-hybridized carbons (Fsp3) is 0.600. The first-order valence-electron chi connectivity index (χ1n) is 8.21. The molecule has 0 saturated heterocycles. The van der Waals surface area contributed by atoms with Crippen LogP contribution >= 0.6 is 0 Å². The van der Waals surface area contributed by atoms with Crippen LogP contribution in [0, 0.1) is 5.92 Å². The first-order valence-corrected chi connectivity index (χ1v) is 8.21. The van der Waals surface area contributed by atoms with E-state index in [1.165, 1.54) is 0 Å². The Balaban J connectivity index is 5.30. The zero-order valence-electron chi connectivity index (χ0n) is 15.4. The molecule has 0 aromatic carbocycles. The molecule has 0 aromatic rings. The van der Waals surface area contributed by atoms with Gasteiger partial charge in [-0.3, -0.25) is 28.8 Å². The number of amides is 4. The van der Waals surface area contributed by atoms with Crippen LogP contribution in [0.2, 0.25) is 0 Å².